The van der Waals surface area contributed by atoms with E-state index in [0.29, 0.717) is 49.1 Å². The van der Waals surface area contributed by atoms with Crippen LogP contribution in [0.3, 0.4) is 0 Å². The number of morpholine rings is 1. The molecular weight excluding hydrogens is 536 g/mol. The van der Waals surface area contributed by atoms with Crippen LogP contribution in [-0.2, 0) is 9.53 Å². The Morgan fingerprint density at radius 3 is 2.56 bits per heavy atom. The predicted octanol–water partition coefficient (Wildman–Crippen LogP) is 4.56. The van der Waals surface area contributed by atoms with Crippen molar-refractivity contribution in [3.63, 3.8) is 0 Å². The third kappa shape index (κ3) is 6.50. The van der Waals surface area contributed by atoms with Gasteiger partial charge in [-0.15, -0.1) is 11.3 Å². The van der Waals surface area contributed by atoms with Crippen LogP contribution in [0.25, 0.3) is 0 Å². The lowest BCUT2D eigenvalue weighted by Gasteiger charge is -2.31. The first kappa shape index (κ1) is 27.3. The van der Waals surface area contributed by atoms with Crippen molar-refractivity contribution in [2.24, 2.45) is 5.10 Å². The fourth-order valence-corrected chi connectivity index (χ4v) is 5.79. The van der Waals surface area contributed by atoms with Crippen LogP contribution in [-0.4, -0.2) is 85.4 Å². The number of hydrogen-bond acceptors (Lipinski definition) is 7. The second-order valence-electron chi connectivity index (χ2n) is 9.41. The number of halogens is 1. The van der Waals surface area contributed by atoms with Gasteiger partial charge in [-0.25, -0.2) is 5.01 Å². The summed E-state index contributed by atoms with van der Waals surface area (Å²) in [6.45, 7) is 3.88. The molecule has 1 aromatic heterocycles. The number of ether oxygens (including phenoxy) is 2. The average Bonchev–Trinajstić information content (AvgIpc) is 3.66. The van der Waals surface area contributed by atoms with Crippen LogP contribution in [0.4, 0.5) is 0 Å². The standard InChI is InChI=1S/C29H31ClN4O4S/c1-37-22-10-8-21(9-11-22)29(36)33(13-12-32-14-16-38-17-15-32)20-28(35)34-26(23-5-2-3-6-24(23)30)19-25(31-34)27-7-4-18-39-27/h2-11,18,26H,12-17,19-20H2,1H3/t26-/m0/s1. The van der Waals surface area contributed by atoms with Crippen LogP contribution in [0.1, 0.15) is 33.3 Å². The summed E-state index contributed by atoms with van der Waals surface area (Å²) in [6, 6.07) is 18.1. The highest BCUT2D eigenvalue weighted by Crippen LogP contribution is 2.37. The number of carbonyl (C=O) groups excluding carboxylic acids is 2. The Morgan fingerprint density at radius 2 is 1.87 bits per heavy atom. The Hall–Kier alpha value is -3.24. The Kier molecular flexibility index (Phi) is 8.93. The molecule has 5 rings (SSSR count). The van der Waals surface area contributed by atoms with Gasteiger partial charge in [-0.05, 0) is 47.3 Å². The molecule has 0 N–H and O–H groups in total. The van der Waals surface area contributed by atoms with Gasteiger partial charge in [0.05, 0.1) is 37.0 Å². The molecule has 0 radical (unpaired) electrons. The minimum Gasteiger partial charge on any atom is -0.497 e. The minimum atomic E-state index is -0.347. The zero-order valence-electron chi connectivity index (χ0n) is 21.8. The molecular formula is C29H31ClN4O4S. The lowest BCUT2D eigenvalue weighted by molar-refractivity contribution is -0.133. The summed E-state index contributed by atoms with van der Waals surface area (Å²) < 4.78 is 10.7. The van der Waals surface area contributed by atoms with Crippen LogP contribution in [0.2, 0.25) is 5.02 Å². The molecule has 0 aliphatic carbocycles. The molecule has 10 heteroatoms. The summed E-state index contributed by atoms with van der Waals surface area (Å²) >= 11 is 8.15. The molecule has 2 amide bonds. The van der Waals surface area contributed by atoms with Crippen LogP contribution < -0.4 is 4.74 Å². The second-order valence-corrected chi connectivity index (χ2v) is 10.8. The van der Waals surface area contributed by atoms with Gasteiger partial charge in [0.15, 0.2) is 0 Å². The van der Waals surface area contributed by atoms with Crippen molar-refractivity contribution in [1.29, 1.82) is 0 Å². The minimum absolute atomic E-state index is 0.0998. The van der Waals surface area contributed by atoms with Gasteiger partial charge in [-0.3, -0.25) is 14.5 Å². The second kappa shape index (κ2) is 12.7. The quantitative estimate of drug-likeness (QED) is 0.379. The maximum absolute atomic E-state index is 13.9. The van der Waals surface area contributed by atoms with Crippen molar-refractivity contribution in [3.05, 3.63) is 87.1 Å². The smallest absolute Gasteiger partial charge is 0.262 e. The van der Waals surface area contributed by atoms with E-state index in [4.69, 9.17) is 26.2 Å². The monoisotopic (exact) mass is 566 g/mol. The predicted molar refractivity (Wildman–Crippen MR) is 153 cm³/mol. The maximum Gasteiger partial charge on any atom is 0.262 e. The zero-order valence-corrected chi connectivity index (χ0v) is 23.4. The molecule has 2 aromatic carbocycles. The highest BCUT2D eigenvalue weighted by Gasteiger charge is 2.36. The molecule has 0 saturated carbocycles. The zero-order chi connectivity index (χ0) is 27.2. The number of rotatable bonds is 9. The number of hydrazone groups is 1. The van der Waals surface area contributed by atoms with Gasteiger partial charge < -0.3 is 14.4 Å². The highest BCUT2D eigenvalue weighted by atomic mass is 35.5. The van der Waals surface area contributed by atoms with Crippen molar-refractivity contribution >= 4 is 40.5 Å². The first-order valence-corrected chi connectivity index (χ1v) is 14.2. The number of methoxy groups -OCH3 is 1. The largest absolute Gasteiger partial charge is 0.497 e. The van der Waals surface area contributed by atoms with E-state index < -0.39 is 0 Å². The van der Waals surface area contributed by atoms with Gasteiger partial charge >= 0.3 is 0 Å². The number of nitrogens with zero attached hydrogens (tertiary/aromatic N) is 4. The van der Waals surface area contributed by atoms with E-state index in [0.717, 1.165) is 29.2 Å². The van der Waals surface area contributed by atoms with Gasteiger partial charge in [0.25, 0.3) is 11.8 Å². The van der Waals surface area contributed by atoms with Crippen LogP contribution >= 0.6 is 22.9 Å². The third-order valence-corrected chi connectivity index (χ3v) is 8.24. The van der Waals surface area contributed by atoms with Gasteiger partial charge in [0, 0.05) is 43.2 Å². The molecule has 39 heavy (non-hydrogen) atoms. The van der Waals surface area contributed by atoms with Crippen molar-refractivity contribution in [3.8, 4) is 5.75 Å². The molecule has 0 bridgehead atoms. The van der Waals surface area contributed by atoms with Crippen LogP contribution in [0.15, 0.2) is 71.1 Å². The summed E-state index contributed by atoms with van der Waals surface area (Å²) in [5.41, 5.74) is 2.17. The average molecular weight is 567 g/mol. The van der Waals surface area contributed by atoms with E-state index in [1.807, 2.05) is 41.8 Å². The van der Waals surface area contributed by atoms with Crippen molar-refractivity contribution in [1.82, 2.24) is 14.8 Å². The Balaban J connectivity index is 1.40. The van der Waals surface area contributed by atoms with E-state index in [1.54, 1.807) is 47.6 Å². The lowest BCUT2D eigenvalue weighted by atomic mass is 10.0. The molecule has 204 valence electrons. The van der Waals surface area contributed by atoms with Crippen molar-refractivity contribution < 1.29 is 19.1 Å². The Bertz CT molecular complexity index is 1310. The summed E-state index contributed by atoms with van der Waals surface area (Å²) in [5.74, 6) is 0.197. The molecule has 3 heterocycles. The molecule has 3 aromatic rings. The van der Waals surface area contributed by atoms with Gasteiger partial charge in [-0.1, -0.05) is 35.9 Å². The van der Waals surface area contributed by atoms with Crippen LogP contribution in [0.5, 0.6) is 5.75 Å². The van der Waals surface area contributed by atoms with E-state index in [9.17, 15) is 9.59 Å². The highest BCUT2D eigenvalue weighted by molar-refractivity contribution is 7.12. The van der Waals surface area contributed by atoms with Gasteiger partial charge in [0.2, 0.25) is 0 Å². The molecule has 0 spiro atoms. The number of amides is 2. The molecule has 2 aliphatic rings. The summed E-state index contributed by atoms with van der Waals surface area (Å²) in [6.07, 6.45) is 0.552. The van der Waals surface area contributed by atoms with Crippen molar-refractivity contribution in [2.75, 3.05) is 53.0 Å². The van der Waals surface area contributed by atoms with E-state index in [1.165, 1.54) is 5.01 Å². The topological polar surface area (TPSA) is 74.7 Å². The number of carbonyl (C=O) groups is 2. The molecule has 1 fully saturated rings. The van der Waals surface area contributed by atoms with Crippen molar-refractivity contribution in [2.45, 2.75) is 12.5 Å². The maximum atomic E-state index is 13.9. The fraction of sp³-hybridized carbons (Fsp3) is 0.345. The molecule has 0 unspecified atom stereocenters. The first-order chi connectivity index (χ1) is 19.0. The molecule has 1 atom stereocenters. The third-order valence-electron chi connectivity index (χ3n) is 6.98. The normalized spacial score (nSPS) is 17.6. The van der Waals surface area contributed by atoms with Crippen LogP contribution in [0, 0.1) is 0 Å². The van der Waals surface area contributed by atoms with E-state index in [2.05, 4.69) is 4.90 Å². The molecule has 8 nitrogen and oxygen atoms in total. The SMILES string of the molecule is COc1ccc(C(=O)N(CCN2CCOCC2)CC(=O)N2N=C(c3cccs3)C[C@H]2c2ccccc2Cl)cc1. The molecule has 1 saturated heterocycles. The van der Waals surface area contributed by atoms with E-state index >= 15 is 0 Å². The Morgan fingerprint density at radius 1 is 1.10 bits per heavy atom. The molecule has 2 aliphatic heterocycles. The van der Waals surface area contributed by atoms with Gasteiger partial charge in [0.1, 0.15) is 12.3 Å². The summed E-state index contributed by atoms with van der Waals surface area (Å²) in [4.78, 5) is 32.4. The first-order valence-electron chi connectivity index (χ1n) is 12.9. The van der Waals surface area contributed by atoms with Gasteiger partial charge in [-0.2, -0.15) is 5.10 Å². The number of thiophene rings is 1. The summed E-state index contributed by atoms with van der Waals surface area (Å²) in [5, 5.41) is 8.85. The van der Waals surface area contributed by atoms with E-state index in [-0.39, 0.29) is 24.4 Å². The fourth-order valence-electron chi connectivity index (χ4n) is 4.81. The number of hydrogen-bond donors (Lipinski definition) is 0. The summed E-state index contributed by atoms with van der Waals surface area (Å²) in [7, 11) is 1.58. The number of benzene rings is 2. The Labute approximate surface area is 237 Å². The lowest BCUT2D eigenvalue weighted by Crippen LogP contribution is -2.46.